The van der Waals surface area contributed by atoms with Gasteiger partial charge in [0, 0.05) is 12.1 Å². The maximum absolute atomic E-state index is 11.7. The highest BCUT2D eigenvalue weighted by molar-refractivity contribution is 6.43. The van der Waals surface area contributed by atoms with Crippen LogP contribution in [-0.2, 0) is 4.79 Å². The number of rotatable bonds is 6. The zero-order valence-corrected chi connectivity index (χ0v) is 14.7. The number of para-hydroxylation sites is 1. The third kappa shape index (κ3) is 5.32. The molecule has 1 N–H and O–H groups in total. The van der Waals surface area contributed by atoms with Crippen molar-refractivity contribution in [2.45, 2.75) is 0 Å². The maximum atomic E-state index is 11.7. The molecular formula is C15H10Cl3N3O4. The molecule has 0 saturated heterocycles. The van der Waals surface area contributed by atoms with Crippen molar-refractivity contribution in [2.24, 2.45) is 5.10 Å². The Hall–Kier alpha value is -2.35. The van der Waals surface area contributed by atoms with Gasteiger partial charge in [-0.2, -0.15) is 5.10 Å². The van der Waals surface area contributed by atoms with E-state index in [2.05, 4.69) is 10.5 Å². The highest BCUT2D eigenvalue weighted by Gasteiger charge is 2.11. The number of hydrazone groups is 1. The van der Waals surface area contributed by atoms with E-state index in [1.807, 2.05) is 0 Å². The Bertz CT molecular complexity index is 843. The molecule has 0 heterocycles. The summed E-state index contributed by atoms with van der Waals surface area (Å²) < 4.78 is 5.23. The van der Waals surface area contributed by atoms with Crippen molar-refractivity contribution in [3.63, 3.8) is 0 Å². The fourth-order valence-corrected chi connectivity index (χ4v) is 2.32. The van der Waals surface area contributed by atoms with E-state index >= 15 is 0 Å². The Kier molecular flexibility index (Phi) is 6.58. The molecule has 0 aliphatic heterocycles. The van der Waals surface area contributed by atoms with Gasteiger partial charge in [-0.25, -0.2) is 5.43 Å². The minimum Gasteiger partial charge on any atom is -0.482 e. The van der Waals surface area contributed by atoms with Crippen molar-refractivity contribution in [1.29, 1.82) is 0 Å². The van der Waals surface area contributed by atoms with E-state index < -0.39 is 10.8 Å². The zero-order valence-electron chi connectivity index (χ0n) is 12.4. The third-order valence-electron chi connectivity index (χ3n) is 2.86. The summed E-state index contributed by atoms with van der Waals surface area (Å²) >= 11 is 17.6. The quantitative estimate of drug-likeness (QED) is 0.341. The summed E-state index contributed by atoms with van der Waals surface area (Å²) in [4.78, 5) is 22.0. The van der Waals surface area contributed by atoms with Crippen molar-refractivity contribution in [1.82, 2.24) is 5.43 Å². The average molecular weight is 403 g/mol. The van der Waals surface area contributed by atoms with Gasteiger partial charge in [0.15, 0.2) is 6.61 Å². The molecule has 0 spiro atoms. The summed E-state index contributed by atoms with van der Waals surface area (Å²) in [5, 5.41) is 15.2. The van der Waals surface area contributed by atoms with Crippen LogP contribution in [0, 0.1) is 10.1 Å². The number of nitro benzene ring substituents is 1. The first-order valence-electron chi connectivity index (χ1n) is 6.71. The molecule has 0 unspecified atom stereocenters. The normalized spacial score (nSPS) is 10.7. The molecule has 0 aliphatic rings. The molecule has 130 valence electrons. The Morgan fingerprint density at radius 2 is 1.88 bits per heavy atom. The molecule has 0 atom stereocenters. The second-order valence-electron chi connectivity index (χ2n) is 4.59. The summed E-state index contributed by atoms with van der Waals surface area (Å²) in [5.41, 5.74) is 2.32. The summed E-state index contributed by atoms with van der Waals surface area (Å²) in [6.07, 6.45) is 1.17. The van der Waals surface area contributed by atoms with E-state index in [1.165, 1.54) is 36.5 Å². The number of ether oxygens (including phenoxy) is 1. The van der Waals surface area contributed by atoms with Crippen LogP contribution in [0.2, 0.25) is 15.1 Å². The molecule has 2 rings (SSSR count). The second-order valence-corrected chi connectivity index (χ2v) is 5.82. The molecule has 7 nitrogen and oxygen atoms in total. The smallest absolute Gasteiger partial charge is 0.278 e. The van der Waals surface area contributed by atoms with Gasteiger partial charge in [-0.15, -0.1) is 0 Å². The van der Waals surface area contributed by atoms with Gasteiger partial charge < -0.3 is 4.74 Å². The molecule has 0 aromatic heterocycles. The summed E-state index contributed by atoms with van der Waals surface area (Å²) in [7, 11) is 0. The Labute approximate surface area is 157 Å². The molecule has 0 saturated carbocycles. The van der Waals surface area contributed by atoms with Crippen LogP contribution < -0.4 is 10.2 Å². The van der Waals surface area contributed by atoms with Crippen LogP contribution in [0.25, 0.3) is 0 Å². The maximum Gasteiger partial charge on any atom is 0.278 e. The van der Waals surface area contributed by atoms with Gasteiger partial charge in [-0.1, -0.05) is 46.9 Å². The molecule has 0 fully saturated rings. The average Bonchev–Trinajstić information content (AvgIpc) is 2.57. The van der Waals surface area contributed by atoms with Gasteiger partial charge in [-0.3, -0.25) is 14.9 Å². The van der Waals surface area contributed by atoms with Crippen molar-refractivity contribution < 1.29 is 14.5 Å². The van der Waals surface area contributed by atoms with Crippen LogP contribution in [0.1, 0.15) is 5.56 Å². The predicted octanol–water partition coefficient (Wildman–Crippen LogP) is 4.08. The molecule has 0 bridgehead atoms. The van der Waals surface area contributed by atoms with Gasteiger partial charge in [0.1, 0.15) is 5.75 Å². The summed E-state index contributed by atoms with van der Waals surface area (Å²) in [6.45, 7) is -0.383. The first-order valence-corrected chi connectivity index (χ1v) is 7.84. The molecule has 10 heteroatoms. The van der Waals surface area contributed by atoms with Crippen LogP contribution in [-0.4, -0.2) is 23.7 Å². The topological polar surface area (TPSA) is 93.8 Å². The zero-order chi connectivity index (χ0) is 18.4. The van der Waals surface area contributed by atoms with Crippen molar-refractivity contribution in [3.05, 3.63) is 67.1 Å². The van der Waals surface area contributed by atoms with E-state index in [0.717, 1.165) is 0 Å². The van der Waals surface area contributed by atoms with Crippen LogP contribution in [0.15, 0.2) is 41.5 Å². The van der Waals surface area contributed by atoms with Gasteiger partial charge in [0.25, 0.3) is 11.6 Å². The predicted molar refractivity (Wildman–Crippen MR) is 95.8 cm³/mol. The molecular weight excluding hydrogens is 393 g/mol. The molecule has 0 radical (unpaired) electrons. The fraction of sp³-hybridized carbons (Fsp3) is 0.0667. The number of nitrogens with zero attached hydrogens (tertiary/aromatic N) is 2. The lowest BCUT2D eigenvalue weighted by atomic mass is 10.2. The number of amides is 1. The largest absolute Gasteiger partial charge is 0.482 e. The van der Waals surface area contributed by atoms with Gasteiger partial charge in [0.2, 0.25) is 0 Å². The molecule has 2 aromatic rings. The van der Waals surface area contributed by atoms with Crippen LogP contribution >= 0.6 is 34.8 Å². The number of nitrogens with one attached hydrogen (secondary N) is 1. The third-order valence-corrected chi connectivity index (χ3v) is 3.88. The van der Waals surface area contributed by atoms with E-state index in [9.17, 15) is 14.9 Å². The van der Waals surface area contributed by atoms with Gasteiger partial charge in [-0.05, 0) is 12.1 Å². The lowest BCUT2D eigenvalue weighted by molar-refractivity contribution is -0.385. The molecule has 2 aromatic carbocycles. The highest BCUT2D eigenvalue weighted by atomic mass is 35.5. The first-order chi connectivity index (χ1) is 11.9. The number of carbonyl (C=O) groups excluding carboxylic acids is 1. The summed E-state index contributed by atoms with van der Waals surface area (Å²) in [6, 6.07) is 8.76. The molecule has 1 amide bonds. The number of benzene rings is 2. The number of hydrogen-bond donors (Lipinski definition) is 1. The van der Waals surface area contributed by atoms with E-state index in [-0.39, 0.29) is 38.7 Å². The van der Waals surface area contributed by atoms with Crippen LogP contribution in [0.4, 0.5) is 5.69 Å². The summed E-state index contributed by atoms with van der Waals surface area (Å²) in [5.74, 6) is -0.397. The SMILES string of the molecule is O=C(COc1cc(Cl)c(Cl)cc1Cl)N/N=C/c1ccccc1[N+](=O)[O-]. The molecule has 0 aliphatic carbocycles. The fourth-order valence-electron chi connectivity index (χ4n) is 1.73. The number of halogens is 3. The van der Waals surface area contributed by atoms with Crippen LogP contribution in [0.3, 0.4) is 0 Å². The minimum atomic E-state index is -0.586. The highest BCUT2D eigenvalue weighted by Crippen LogP contribution is 2.33. The first kappa shape index (κ1) is 19.0. The Morgan fingerprint density at radius 1 is 1.20 bits per heavy atom. The van der Waals surface area contributed by atoms with E-state index in [4.69, 9.17) is 39.5 Å². The van der Waals surface area contributed by atoms with Gasteiger partial charge >= 0.3 is 0 Å². The second kappa shape index (κ2) is 8.66. The Morgan fingerprint density at radius 3 is 2.60 bits per heavy atom. The number of hydrogen-bond acceptors (Lipinski definition) is 5. The van der Waals surface area contributed by atoms with Crippen molar-refractivity contribution in [2.75, 3.05) is 6.61 Å². The van der Waals surface area contributed by atoms with Gasteiger partial charge in [0.05, 0.1) is 31.8 Å². The van der Waals surface area contributed by atoms with Crippen molar-refractivity contribution in [3.8, 4) is 5.75 Å². The van der Waals surface area contributed by atoms with Crippen LogP contribution in [0.5, 0.6) is 5.75 Å². The van der Waals surface area contributed by atoms with E-state index in [0.29, 0.717) is 0 Å². The standard InChI is InChI=1S/C15H10Cl3N3O4/c16-10-5-12(18)14(6-11(10)17)25-8-15(22)20-19-7-9-3-1-2-4-13(9)21(23)24/h1-7H,8H2,(H,20,22)/b19-7+. The molecule has 25 heavy (non-hydrogen) atoms. The Balaban J connectivity index is 1.93. The number of nitro groups is 1. The van der Waals surface area contributed by atoms with Crippen molar-refractivity contribution >= 4 is 52.6 Å². The lowest BCUT2D eigenvalue weighted by Crippen LogP contribution is -2.24. The minimum absolute atomic E-state index is 0.126. The number of carbonyl (C=O) groups is 1. The monoisotopic (exact) mass is 401 g/mol. The van der Waals surface area contributed by atoms with E-state index in [1.54, 1.807) is 6.07 Å². The lowest BCUT2D eigenvalue weighted by Gasteiger charge is -2.08.